The first-order valence-corrected chi connectivity index (χ1v) is 7.41. The van der Waals surface area contributed by atoms with E-state index in [-0.39, 0.29) is 0 Å². The van der Waals surface area contributed by atoms with E-state index in [2.05, 4.69) is 55.2 Å². The molecule has 0 unspecified atom stereocenters. The molecule has 0 aliphatic rings. The van der Waals surface area contributed by atoms with Gasteiger partial charge >= 0.3 is 0 Å². The highest BCUT2D eigenvalue weighted by atomic mass is 16.5. The van der Waals surface area contributed by atoms with Gasteiger partial charge in [0.05, 0.1) is 0 Å². The number of nitrogens with zero attached hydrogens (tertiary/aromatic N) is 1. The molecular weight excluding hydrogens is 270 g/mol. The van der Waals surface area contributed by atoms with E-state index in [1.807, 2.05) is 30.6 Å². The maximum absolute atomic E-state index is 5.84. The van der Waals surface area contributed by atoms with Crippen LogP contribution in [0.25, 0.3) is 11.1 Å². The fourth-order valence-electron chi connectivity index (χ4n) is 2.34. The second-order valence-electron chi connectivity index (χ2n) is 5.55. The zero-order valence-electron chi connectivity index (χ0n) is 12.9. The average molecular weight is 289 g/mol. The lowest BCUT2D eigenvalue weighted by Gasteiger charge is -2.08. The van der Waals surface area contributed by atoms with E-state index in [1.165, 1.54) is 16.7 Å². The van der Waals surface area contributed by atoms with Gasteiger partial charge in [0.15, 0.2) is 0 Å². The molecule has 0 radical (unpaired) electrons. The third-order valence-electron chi connectivity index (χ3n) is 3.57. The summed E-state index contributed by atoms with van der Waals surface area (Å²) in [5, 5.41) is 0. The van der Waals surface area contributed by atoms with Crippen LogP contribution in [0.5, 0.6) is 5.75 Å². The number of hydrogen-bond acceptors (Lipinski definition) is 2. The van der Waals surface area contributed by atoms with E-state index in [0.29, 0.717) is 6.61 Å². The van der Waals surface area contributed by atoms with Crippen molar-refractivity contribution in [3.05, 3.63) is 83.7 Å². The highest BCUT2D eigenvalue weighted by molar-refractivity contribution is 5.63. The van der Waals surface area contributed by atoms with Crippen molar-refractivity contribution in [3.8, 4) is 16.9 Å². The fourth-order valence-corrected chi connectivity index (χ4v) is 2.34. The van der Waals surface area contributed by atoms with Gasteiger partial charge in [0.1, 0.15) is 12.4 Å². The summed E-state index contributed by atoms with van der Waals surface area (Å²) in [5.41, 5.74) is 5.82. The molecule has 0 saturated carbocycles. The Morgan fingerprint density at radius 3 is 2.41 bits per heavy atom. The molecule has 3 rings (SSSR count). The molecule has 2 aromatic carbocycles. The lowest BCUT2D eigenvalue weighted by atomic mass is 10.0. The lowest BCUT2D eigenvalue weighted by Crippen LogP contribution is -1.97. The Morgan fingerprint density at radius 1 is 0.818 bits per heavy atom. The van der Waals surface area contributed by atoms with Crippen molar-refractivity contribution >= 4 is 0 Å². The minimum Gasteiger partial charge on any atom is -0.489 e. The molecule has 0 amide bonds. The van der Waals surface area contributed by atoms with Gasteiger partial charge in [-0.1, -0.05) is 42.0 Å². The van der Waals surface area contributed by atoms with Crippen LogP contribution in [0.15, 0.2) is 67.0 Å². The SMILES string of the molecule is Cc1ccc(-c2cncc(COc3cccc(C)c3)c2)cc1. The number of hydrogen-bond donors (Lipinski definition) is 0. The number of benzene rings is 2. The molecule has 22 heavy (non-hydrogen) atoms. The predicted octanol–water partition coefficient (Wildman–Crippen LogP) is 4.94. The van der Waals surface area contributed by atoms with E-state index in [4.69, 9.17) is 4.74 Å². The van der Waals surface area contributed by atoms with Gasteiger partial charge in [0.2, 0.25) is 0 Å². The van der Waals surface area contributed by atoms with Gasteiger partial charge in [0, 0.05) is 23.5 Å². The predicted molar refractivity (Wildman–Crippen MR) is 89.9 cm³/mol. The molecule has 0 bridgehead atoms. The molecule has 1 heterocycles. The smallest absolute Gasteiger partial charge is 0.120 e. The molecule has 0 fully saturated rings. The van der Waals surface area contributed by atoms with Gasteiger partial charge in [-0.05, 0) is 43.2 Å². The summed E-state index contributed by atoms with van der Waals surface area (Å²) >= 11 is 0. The Bertz CT molecular complexity index is 763. The normalized spacial score (nSPS) is 10.5. The van der Waals surface area contributed by atoms with E-state index in [0.717, 1.165) is 16.9 Å². The molecule has 2 heteroatoms. The number of aryl methyl sites for hydroxylation is 2. The number of rotatable bonds is 4. The van der Waals surface area contributed by atoms with Gasteiger partial charge in [0.25, 0.3) is 0 Å². The molecule has 0 spiro atoms. The van der Waals surface area contributed by atoms with Gasteiger partial charge < -0.3 is 4.74 Å². The zero-order chi connectivity index (χ0) is 15.4. The van der Waals surface area contributed by atoms with Crippen molar-refractivity contribution in [2.45, 2.75) is 20.5 Å². The Labute approximate surface area is 131 Å². The molecule has 0 atom stereocenters. The molecule has 1 aromatic heterocycles. The van der Waals surface area contributed by atoms with Crippen molar-refractivity contribution < 1.29 is 4.74 Å². The van der Waals surface area contributed by atoms with Crippen LogP contribution < -0.4 is 4.74 Å². The van der Waals surface area contributed by atoms with Crippen LogP contribution in [-0.2, 0) is 6.61 Å². The Hall–Kier alpha value is -2.61. The molecular formula is C20H19NO. The van der Waals surface area contributed by atoms with Crippen LogP contribution >= 0.6 is 0 Å². The van der Waals surface area contributed by atoms with Crippen LogP contribution in [0.2, 0.25) is 0 Å². The minimum absolute atomic E-state index is 0.524. The van der Waals surface area contributed by atoms with Gasteiger partial charge in [-0.2, -0.15) is 0 Å². The largest absolute Gasteiger partial charge is 0.489 e. The standard InChI is InChI=1S/C20H19NO/c1-15-6-8-18(9-7-15)19-11-17(12-21-13-19)14-22-20-5-3-4-16(2)10-20/h3-13H,14H2,1-2H3. The Balaban J connectivity index is 1.75. The monoisotopic (exact) mass is 289 g/mol. The molecule has 3 aromatic rings. The van der Waals surface area contributed by atoms with Crippen molar-refractivity contribution in [2.24, 2.45) is 0 Å². The minimum atomic E-state index is 0.524. The third-order valence-corrected chi connectivity index (χ3v) is 3.57. The van der Waals surface area contributed by atoms with Crippen molar-refractivity contribution in [3.63, 3.8) is 0 Å². The summed E-state index contributed by atoms with van der Waals surface area (Å²) in [6.45, 7) is 4.68. The topological polar surface area (TPSA) is 22.1 Å². The summed E-state index contributed by atoms with van der Waals surface area (Å²) in [5.74, 6) is 0.890. The van der Waals surface area contributed by atoms with Crippen LogP contribution in [0.1, 0.15) is 16.7 Å². The van der Waals surface area contributed by atoms with Crippen molar-refractivity contribution in [1.82, 2.24) is 4.98 Å². The van der Waals surface area contributed by atoms with Crippen LogP contribution in [0, 0.1) is 13.8 Å². The quantitative estimate of drug-likeness (QED) is 0.678. The maximum Gasteiger partial charge on any atom is 0.120 e. The second kappa shape index (κ2) is 6.44. The van der Waals surface area contributed by atoms with Crippen molar-refractivity contribution in [2.75, 3.05) is 0 Å². The maximum atomic E-state index is 5.84. The molecule has 0 saturated heterocycles. The van der Waals surface area contributed by atoms with Gasteiger partial charge in [-0.25, -0.2) is 0 Å². The summed E-state index contributed by atoms with van der Waals surface area (Å²) in [4.78, 5) is 4.33. The number of aromatic nitrogens is 1. The summed E-state index contributed by atoms with van der Waals surface area (Å²) in [7, 11) is 0. The molecule has 2 nitrogen and oxygen atoms in total. The van der Waals surface area contributed by atoms with E-state index in [1.54, 1.807) is 0 Å². The van der Waals surface area contributed by atoms with Crippen LogP contribution in [0.3, 0.4) is 0 Å². The van der Waals surface area contributed by atoms with Gasteiger partial charge in [-0.3, -0.25) is 4.98 Å². The van der Waals surface area contributed by atoms with Crippen molar-refractivity contribution in [1.29, 1.82) is 0 Å². The Morgan fingerprint density at radius 2 is 1.64 bits per heavy atom. The fraction of sp³-hybridized carbons (Fsp3) is 0.150. The molecule has 110 valence electrons. The number of pyridine rings is 1. The second-order valence-corrected chi connectivity index (χ2v) is 5.55. The highest BCUT2D eigenvalue weighted by Gasteiger charge is 2.02. The third kappa shape index (κ3) is 3.53. The van der Waals surface area contributed by atoms with Crippen LogP contribution in [0.4, 0.5) is 0 Å². The van der Waals surface area contributed by atoms with E-state index in [9.17, 15) is 0 Å². The van der Waals surface area contributed by atoms with E-state index >= 15 is 0 Å². The first-order chi connectivity index (χ1) is 10.7. The number of ether oxygens (including phenoxy) is 1. The summed E-state index contributed by atoms with van der Waals surface area (Å²) < 4.78 is 5.84. The van der Waals surface area contributed by atoms with Crippen LogP contribution in [-0.4, -0.2) is 4.98 Å². The first kappa shape index (κ1) is 14.3. The summed E-state index contributed by atoms with van der Waals surface area (Å²) in [6.07, 6.45) is 3.74. The average Bonchev–Trinajstić information content (AvgIpc) is 2.54. The lowest BCUT2D eigenvalue weighted by molar-refractivity contribution is 0.305. The zero-order valence-corrected chi connectivity index (χ0v) is 12.9. The van der Waals surface area contributed by atoms with Gasteiger partial charge in [-0.15, -0.1) is 0 Å². The highest BCUT2D eigenvalue weighted by Crippen LogP contribution is 2.21. The molecule has 0 N–H and O–H groups in total. The van der Waals surface area contributed by atoms with E-state index < -0.39 is 0 Å². The Kier molecular flexibility index (Phi) is 4.19. The molecule has 0 aliphatic heterocycles. The summed E-state index contributed by atoms with van der Waals surface area (Å²) in [6, 6.07) is 18.7. The first-order valence-electron chi connectivity index (χ1n) is 7.41. The molecule has 0 aliphatic carbocycles.